The van der Waals surface area contributed by atoms with Crippen LogP contribution in [0.4, 0.5) is 0 Å². The molecule has 3 unspecified atom stereocenters. The van der Waals surface area contributed by atoms with Crippen molar-refractivity contribution in [3.05, 3.63) is 0 Å². The van der Waals surface area contributed by atoms with Gasteiger partial charge in [0.25, 0.3) is 0 Å². The molecule has 2 nitrogen and oxygen atoms in total. The molecule has 0 radical (unpaired) electrons. The first kappa shape index (κ1) is 12.9. The van der Waals surface area contributed by atoms with Crippen molar-refractivity contribution in [2.75, 3.05) is 0 Å². The fourth-order valence-corrected chi connectivity index (χ4v) is 3.75. The third-order valence-corrected chi connectivity index (χ3v) is 4.80. The van der Waals surface area contributed by atoms with E-state index < -0.39 is 0 Å². The lowest BCUT2D eigenvalue weighted by molar-refractivity contribution is -0.119. The first-order chi connectivity index (χ1) is 8.02. The van der Waals surface area contributed by atoms with E-state index in [4.69, 9.17) is 0 Å². The van der Waals surface area contributed by atoms with Crippen molar-refractivity contribution in [3.8, 4) is 0 Å². The van der Waals surface area contributed by atoms with Gasteiger partial charge in [-0.15, -0.1) is 0 Å². The maximum Gasteiger partial charge on any atom is 0.220 e. The van der Waals surface area contributed by atoms with Crippen LogP contribution < -0.4 is 5.32 Å². The highest BCUT2D eigenvalue weighted by Crippen LogP contribution is 2.46. The zero-order valence-corrected chi connectivity index (χ0v) is 11.6. The van der Waals surface area contributed by atoms with E-state index in [0.29, 0.717) is 23.3 Å². The van der Waals surface area contributed by atoms with Crippen molar-refractivity contribution in [1.82, 2.24) is 5.32 Å². The van der Waals surface area contributed by atoms with E-state index in [1.165, 1.54) is 32.1 Å². The summed E-state index contributed by atoms with van der Waals surface area (Å²) in [7, 11) is 0. The summed E-state index contributed by atoms with van der Waals surface area (Å²) in [5, 5.41) is 3.25. The predicted octanol–water partition coefficient (Wildman–Crippen LogP) is 3.51. The second-order valence-corrected chi connectivity index (χ2v) is 6.82. The Bertz CT molecular complexity index is 287. The lowest BCUT2D eigenvalue weighted by Gasteiger charge is -2.34. The van der Waals surface area contributed by atoms with Crippen molar-refractivity contribution in [3.63, 3.8) is 0 Å². The van der Waals surface area contributed by atoms with Crippen LogP contribution in [0.1, 0.15) is 65.7 Å². The molecule has 1 aliphatic carbocycles. The Balaban J connectivity index is 2.11. The molecule has 2 aliphatic rings. The molecule has 17 heavy (non-hydrogen) atoms. The normalized spacial score (nSPS) is 38.5. The maximum atomic E-state index is 11.8. The van der Waals surface area contributed by atoms with Gasteiger partial charge in [0.15, 0.2) is 0 Å². The van der Waals surface area contributed by atoms with Gasteiger partial charge in [0.05, 0.1) is 0 Å². The standard InChI is InChI=1S/C15H27NO/c1-11(2)9-13-15(10-14(17)16-13)7-4-5-12(3)6-8-15/h11-13H,4-10H2,1-3H3,(H,16,17). The van der Waals surface area contributed by atoms with Crippen LogP contribution in [0.15, 0.2) is 0 Å². The Morgan fingerprint density at radius 2 is 2.12 bits per heavy atom. The van der Waals surface area contributed by atoms with E-state index in [-0.39, 0.29) is 0 Å². The minimum absolute atomic E-state index is 0.296. The molecule has 1 heterocycles. The fraction of sp³-hybridized carbons (Fsp3) is 0.933. The van der Waals surface area contributed by atoms with Crippen LogP contribution in [0.3, 0.4) is 0 Å². The van der Waals surface area contributed by atoms with Crippen LogP contribution in [0, 0.1) is 17.3 Å². The van der Waals surface area contributed by atoms with Crippen molar-refractivity contribution in [2.24, 2.45) is 17.3 Å². The third kappa shape index (κ3) is 2.83. The Hall–Kier alpha value is -0.530. The smallest absolute Gasteiger partial charge is 0.220 e. The van der Waals surface area contributed by atoms with E-state index >= 15 is 0 Å². The summed E-state index contributed by atoms with van der Waals surface area (Å²) in [5.41, 5.74) is 0.298. The van der Waals surface area contributed by atoms with Crippen LogP contribution in [0.25, 0.3) is 0 Å². The number of amides is 1. The van der Waals surface area contributed by atoms with Crippen molar-refractivity contribution in [1.29, 1.82) is 0 Å². The van der Waals surface area contributed by atoms with Crippen molar-refractivity contribution >= 4 is 5.91 Å². The number of carbonyl (C=O) groups excluding carboxylic acids is 1. The molecule has 1 amide bonds. The summed E-state index contributed by atoms with van der Waals surface area (Å²) in [6, 6.07) is 0.445. The molecule has 2 rings (SSSR count). The van der Waals surface area contributed by atoms with Crippen LogP contribution in [0.2, 0.25) is 0 Å². The molecule has 1 saturated heterocycles. The minimum atomic E-state index is 0.296. The first-order valence-corrected chi connectivity index (χ1v) is 7.31. The van der Waals surface area contributed by atoms with Gasteiger partial charge < -0.3 is 5.32 Å². The van der Waals surface area contributed by atoms with E-state index in [2.05, 4.69) is 26.1 Å². The van der Waals surface area contributed by atoms with Crippen LogP contribution in [0.5, 0.6) is 0 Å². The lowest BCUT2D eigenvalue weighted by atomic mass is 9.71. The van der Waals surface area contributed by atoms with E-state index in [1.54, 1.807) is 0 Å². The predicted molar refractivity (Wildman–Crippen MR) is 70.7 cm³/mol. The number of nitrogens with one attached hydrogen (secondary N) is 1. The number of hydrogen-bond donors (Lipinski definition) is 1. The SMILES string of the molecule is CC(C)CC1NC(=O)CC12CCCC(C)CC2. The summed E-state index contributed by atoms with van der Waals surface area (Å²) in [6.07, 6.45) is 8.42. The monoisotopic (exact) mass is 237 g/mol. The molecule has 2 fully saturated rings. The zero-order valence-electron chi connectivity index (χ0n) is 11.6. The van der Waals surface area contributed by atoms with Gasteiger partial charge in [0, 0.05) is 12.5 Å². The number of rotatable bonds is 2. The highest BCUT2D eigenvalue weighted by molar-refractivity contribution is 5.80. The molecular weight excluding hydrogens is 210 g/mol. The first-order valence-electron chi connectivity index (χ1n) is 7.31. The average molecular weight is 237 g/mol. The molecule has 1 spiro atoms. The van der Waals surface area contributed by atoms with E-state index in [0.717, 1.165) is 18.8 Å². The number of hydrogen-bond acceptors (Lipinski definition) is 1. The molecule has 1 saturated carbocycles. The second-order valence-electron chi connectivity index (χ2n) is 6.82. The summed E-state index contributed by atoms with van der Waals surface area (Å²) in [5.74, 6) is 1.82. The maximum absolute atomic E-state index is 11.8. The minimum Gasteiger partial charge on any atom is -0.353 e. The van der Waals surface area contributed by atoms with Gasteiger partial charge in [-0.25, -0.2) is 0 Å². The molecule has 0 bridgehead atoms. The topological polar surface area (TPSA) is 29.1 Å². The van der Waals surface area contributed by atoms with Gasteiger partial charge in [-0.05, 0) is 36.5 Å². The summed E-state index contributed by atoms with van der Waals surface area (Å²) < 4.78 is 0. The number of carbonyl (C=O) groups is 1. The highest BCUT2D eigenvalue weighted by Gasteiger charge is 2.46. The van der Waals surface area contributed by atoms with E-state index in [1.807, 2.05) is 0 Å². The molecule has 3 atom stereocenters. The lowest BCUT2D eigenvalue weighted by Crippen LogP contribution is -2.38. The molecule has 0 aromatic rings. The van der Waals surface area contributed by atoms with Crippen LogP contribution in [-0.4, -0.2) is 11.9 Å². The van der Waals surface area contributed by atoms with Gasteiger partial charge in [-0.3, -0.25) is 4.79 Å². The summed E-state index contributed by atoms with van der Waals surface area (Å²) in [4.78, 5) is 11.8. The molecule has 0 aromatic carbocycles. The second kappa shape index (κ2) is 4.99. The van der Waals surface area contributed by atoms with Gasteiger partial charge in [0.2, 0.25) is 5.91 Å². The Morgan fingerprint density at radius 1 is 1.35 bits per heavy atom. The summed E-state index contributed by atoms with van der Waals surface area (Å²) in [6.45, 7) is 6.88. The third-order valence-electron chi connectivity index (χ3n) is 4.80. The molecule has 98 valence electrons. The van der Waals surface area contributed by atoms with Crippen LogP contribution in [-0.2, 0) is 4.79 Å². The Labute approximate surface area is 106 Å². The molecule has 2 heteroatoms. The highest BCUT2D eigenvalue weighted by atomic mass is 16.2. The van der Waals surface area contributed by atoms with Gasteiger partial charge in [-0.1, -0.05) is 40.0 Å². The van der Waals surface area contributed by atoms with Crippen molar-refractivity contribution in [2.45, 2.75) is 71.8 Å². The molecule has 1 aliphatic heterocycles. The van der Waals surface area contributed by atoms with E-state index in [9.17, 15) is 4.79 Å². The average Bonchev–Trinajstić information content (AvgIpc) is 2.41. The fourth-order valence-electron chi connectivity index (χ4n) is 3.75. The Morgan fingerprint density at radius 3 is 2.82 bits per heavy atom. The molecule has 0 aromatic heterocycles. The summed E-state index contributed by atoms with van der Waals surface area (Å²) >= 11 is 0. The molecular formula is C15H27NO. The zero-order chi connectivity index (χ0) is 12.5. The Kier molecular flexibility index (Phi) is 3.79. The van der Waals surface area contributed by atoms with Gasteiger partial charge >= 0.3 is 0 Å². The van der Waals surface area contributed by atoms with Crippen LogP contribution >= 0.6 is 0 Å². The molecule has 1 N–H and O–H groups in total. The van der Waals surface area contributed by atoms with Gasteiger partial charge in [0.1, 0.15) is 0 Å². The van der Waals surface area contributed by atoms with Gasteiger partial charge in [-0.2, -0.15) is 0 Å². The quantitative estimate of drug-likeness (QED) is 0.782. The largest absolute Gasteiger partial charge is 0.353 e. The van der Waals surface area contributed by atoms with Crippen molar-refractivity contribution < 1.29 is 4.79 Å².